The summed E-state index contributed by atoms with van der Waals surface area (Å²) in [4.78, 5) is 29.2. The molecule has 10 nitrogen and oxygen atoms in total. The topological polar surface area (TPSA) is 129 Å². The zero-order valence-electron chi connectivity index (χ0n) is 16.6. The Morgan fingerprint density at radius 1 is 1.40 bits per heavy atom. The molecule has 0 bridgehead atoms. The number of fused-ring (bicyclic) bond motifs is 1. The van der Waals surface area contributed by atoms with E-state index in [2.05, 4.69) is 10.1 Å². The van der Waals surface area contributed by atoms with Crippen molar-refractivity contribution in [3.05, 3.63) is 51.7 Å². The molecule has 4 rings (SSSR count). The maximum absolute atomic E-state index is 12.7. The van der Waals surface area contributed by atoms with Crippen molar-refractivity contribution in [1.82, 2.24) is 19.3 Å². The minimum Gasteiger partial charge on any atom is -0.465 e. The highest BCUT2D eigenvalue weighted by atomic mass is 16.5. The number of methoxy groups -OCH3 is 1. The molecule has 0 amide bonds. The van der Waals surface area contributed by atoms with Crippen molar-refractivity contribution >= 4 is 29.6 Å². The number of ether oxygens (including phenoxy) is 2. The molecule has 3 heterocycles. The van der Waals surface area contributed by atoms with E-state index in [1.165, 1.54) is 24.9 Å². The molecular formula is C19H21BN4O6. The molecule has 1 saturated heterocycles. The maximum Gasteiger partial charge on any atom is 0.490 e. The Labute approximate surface area is 171 Å². The Bertz CT molecular complexity index is 1170. The van der Waals surface area contributed by atoms with Gasteiger partial charge in [-0.3, -0.25) is 4.79 Å². The standard InChI is InChI=1S/C19H21BN4O6/c1-11-14(20(27)28)8-21-24(18(11)25)10-17-22-15-4-3-12(19(26)29-2)7-16(15)23(17)9-13-5-6-30-13/h3-4,7-8,13,27-28H,5-6,9-10H2,1-2H3. The Balaban J connectivity index is 1.78. The minimum absolute atomic E-state index is 0.0289. The molecule has 0 spiro atoms. The first-order chi connectivity index (χ1) is 14.4. The summed E-state index contributed by atoms with van der Waals surface area (Å²) < 4.78 is 13.5. The Morgan fingerprint density at radius 3 is 2.80 bits per heavy atom. The lowest BCUT2D eigenvalue weighted by Gasteiger charge is -2.27. The fourth-order valence-electron chi connectivity index (χ4n) is 3.48. The number of hydrogen-bond donors (Lipinski definition) is 2. The molecule has 1 aliphatic rings. The first kappa shape index (κ1) is 20.3. The molecule has 0 saturated carbocycles. The van der Waals surface area contributed by atoms with Gasteiger partial charge >= 0.3 is 13.1 Å². The van der Waals surface area contributed by atoms with E-state index in [9.17, 15) is 19.6 Å². The predicted octanol–water partition coefficient (Wildman–Crippen LogP) is -0.795. The molecule has 1 unspecified atom stereocenters. The monoisotopic (exact) mass is 412 g/mol. The van der Waals surface area contributed by atoms with Gasteiger partial charge in [0.25, 0.3) is 5.56 Å². The summed E-state index contributed by atoms with van der Waals surface area (Å²) in [5.41, 5.74) is 1.64. The lowest BCUT2D eigenvalue weighted by molar-refractivity contribution is -0.0590. The van der Waals surface area contributed by atoms with E-state index < -0.39 is 18.6 Å². The zero-order valence-corrected chi connectivity index (χ0v) is 16.6. The summed E-state index contributed by atoms with van der Waals surface area (Å²) >= 11 is 0. The highest BCUT2D eigenvalue weighted by Crippen LogP contribution is 2.23. The van der Waals surface area contributed by atoms with Gasteiger partial charge in [0.2, 0.25) is 0 Å². The number of rotatable bonds is 6. The molecule has 3 aromatic rings. The summed E-state index contributed by atoms with van der Waals surface area (Å²) in [6, 6.07) is 5.08. The number of carbonyl (C=O) groups excluding carboxylic acids is 1. The van der Waals surface area contributed by atoms with Gasteiger partial charge in [0.05, 0.1) is 36.4 Å². The van der Waals surface area contributed by atoms with Crippen LogP contribution >= 0.6 is 0 Å². The minimum atomic E-state index is -1.77. The fraction of sp³-hybridized carbons (Fsp3) is 0.368. The van der Waals surface area contributed by atoms with Crippen LogP contribution in [0, 0.1) is 6.92 Å². The van der Waals surface area contributed by atoms with Gasteiger partial charge in [-0.15, -0.1) is 0 Å². The van der Waals surface area contributed by atoms with Crippen LogP contribution < -0.4 is 11.0 Å². The molecule has 1 fully saturated rings. The normalized spacial score (nSPS) is 15.8. The Morgan fingerprint density at radius 2 is 2.17 bits per heavy atom. The van der Waals surface area contributed by atoms with Gasteiger partial charge in [0.1, 0.15) is 12.4 Å². The maximum atomic E-state index is 12.7. The van der Waals surface area contributed by atoms with E-state index in [1.54, 1.807) is 18.2 Å². The third-order valence-corrected chi connectivity index (χ3v) is 5.32. The average molecular weight is 412 g/mol. The van der Waals surface area contributed by atoms with Crippen LogP contribution in [0.15, 0.2) is 29.2 Å². The highest BCUT2D eigenvalue weighted by Gasteiger charge is 2.24. The molecule has 1 atom stereocenters. The average Bonchev–Trinajstić information content (AvgIpc) is 3.03. The quantitative estimate of drug-likeness (QED) is 0.398. The van der Waals surface area contributed by atoms with Crippen LogP contribution in [0.1, 0.15) is 28.2 Å². The second kappa shape index (κ2) is 8.02. The smallest absolute Gasteiger partial charge is 0.465 e. The van der Waals surface area contributed by atoms with Crippen LogP contribution in [0.4, 0.5) is 0 Å². The summed E-state index contributed by atoms with van der Waals surface area (Å²) in [5.74, 6) is 0.131. The van der Waals surface area contributed by atoms with E-state index in [1.807, 2.05) is 4.57 Å². The molecule has 2 aromatic heterocycles. The summed E-state index contributed by atoms with van der Waals surface area (Å²) in [7, 11) is -0.442. The highest BCUT2D eigenvalue weighted by molar-refractivity contribution is 6.59. The predicted molar refractivity (Wildman–Crippen MR) is 108 cm³/mol. The largest absolute Gasteiger partial charge is 0.490 e. The van der Waals surface area contributed by atoms with Crippen LogP contribution in [0.25, 0.3) is 11.0 Å². The van der Waals surface area contributed by atoms with Crippen molar-refractivity contribution in [3.8, 4) is 0 Å². The van der Waals surface area contributed by atoms with Gasteiger partial charge < -0.3 is 24.1 Å². The summed E-state index contributed by atoms with van der Waals surface area (Å²) in [6.45, 7) is 2.82. The molecular weight excluding hydrogens is 391 g/mol. The molecule has 156 valence electrons. The van der Waals surface area contributed by atoms with Gasteiger partial charge in [0, 0.05) is 23.8 Å². The molecule has 1 aromatic carbocycles. The van der Waals surface area contributed by atoms with Crippen LogP contribution in [0.5, 0.6) is 0 Å². The third kappa shape index (κ3) is 3.62. The van der Waals surface area contributed by atoms with Crippen molar-refractivity contribution in [2.75, 3.05) is 13.7 Å². The Kier molecular flexibility index (Phi) is 5.41. The lowest BCUT2D eigenvalue weighted by atomic mass is 9.79. The van der Waals surface area contributed by atoms with E-state index in [0.29, 0.717) is 30.1 Å². The van der Waals surface area contributed by atoms with Crippen LogP contribution in [0.2, 0.25) is 0 Å². The zero-order chi connectivity index (χ0) is 21.4. The number of esters is 1. The number of benzene rings is 1. The van der Waals surface area contributed by atoms with Crippen molar-refractivity contribution in [2.45, 2.75) is 32.5 Å². The van der Waals surface area contributed by atoms with Gasteiger partial charge in [-0.2, -0.15) is 5.10 Å². The van der Waals surface area contributed by atoms with E-state index >= 15 is 0 Å². The summed E-state index contributed by atoms with van der Waals surface area (Å²) in [5, 5.41) is 22.8. The number of nitrogens with zero attached hydrogens (tertiary/aromatic N) is 4. The van der Waals surface area contributed by atoms with Crippen molar-refractivity contribution in [2.24, 2.45) is 0 Å². The van der Waals surface area contributed by atoms with Crippen LogP contribution in [0.3, 0.4) is 0 Å². The number of imidazole rings is 1. The first-order valence-corrected chi connectivity index (χ1v) is 9.51. The van der Waals surface area contributed by atoms with Gasteiger partial charge in [-0.25, -0.2) is 14.5 Å². The number of hydrogen-bond acceptors (Lipinski definition) is 8. The van der Waals surface area contributed by atoms with Crippen molar-refractivity contribution in [1.29, 1.82) is 0 Å². The number of aromatic nitrogens is 4. The molecule has 0 aliphatic carbocycles. The van der Waals surface area contributed by atoms with Crippen LogP contribution in [-0.4, -0.2) is 62.3 Å². The molecule has 1 aliphatic heterocycles. The van der Waals surface area contributed by atoms with Crippen molar-refractivity contribution in [3.63, 3.8) is 0 Å². The van der Waals surface area contributed by atoms with Gasteiger partial charge in [-0.1, -0.05) is 0 Å². The van der Waals surface area contributed by atoms with Gasteiger partial charge in [-0.05, 0) is 31.5 Å². The Hall–Kier alpha value is -3.02. The molecule has 0 radical (unpaired) electrons. The number of carbonyl (C=O) groups is 1. The van der Waals surface area contributed by atoms with E-state index in [-0.39, 0.29) is 23.7 Å². The SMILES string of the molecule is COC(=O)c1ccc2nc(Cn3ncc(B(O)O)c(C)c3=O)n(CC3CCO3)c2c1. The lowest BCUT2D eigenvalue weighted by Crippen LogP contribution is -2.41. The summed E-state index contributed by atoms with van der Waals surface area (Å²) in [6.07, 6.45) is 2.20. The molecule has 2 N–H and O–H groups in total. The third-order valence-electron chi connectivity index (χ3n) is 5.32. The van der Waals surface area contributed by atoms with Gasteiger partial charge in [0.15, 0.2) is 0 Å². The first-order valence-electron chi connectivity index (χ1n) is 9.51. The van der Waals surface area contributed by atoms with Crippen molar-refractivity contribution < 1.29 is 24.3 Å². The molecule has 30 heavy (non-hydrogen) atoms. The molecule has 11 heteroatoms. The second-order valence-electron chi connectivity index (χ2n) is 7.18. The van der Waals surface area contributed by atoms with E-state index in [4.69, 9.17) is 9.47 Å². The van der Waals surface area contributed by atoms with E-state index in [0.717, 1.165) is 11.9 Å². The second-order valence-corrected chi connectivity index (χ2v) is 7.18. The van der Waals surface area contributed by atoms with Crippen LogP contribution in [-0.2, 0) is 22.6 Å². The fourth-order valence-corrected chi connectivity index (χ4v) is 3.48.